The summed E-state index contributed by atoms with van der Waals surface area (Å²) in [5.74, 6) is -1.87. The van der Waals surface area contributed by atoms with Crippen LogP contribution < -0.4 is 19.5 Å². The molecule has 1 unspecified atom stereocenters. The molecule has 0 radical (unpaired) electrons. The topological polar surface area (TPSA) is 162 Å². The van der Waals surface area contributed by atoms with Crippen LogP contribution in [0.25, 0.3) is 0 Å². The maximum absolute atomic E-state index is 14.4. The first-order valence-corrected chi connectivity index (χ1v) is 23.6. The molecule has 0 spiro atoms. The van der Waals surface area contributed by atoms with Gasteiger partial charge in [-0.1, -0.05) is 97.4 Å². The molecule has 0 bridgehead atoms. The number of carbonyl (C=O) groups excluding carboxylic acids is 5. The number of likely N-dealkylation sites (N-methyl/N-ethyl adjacent to an activating group) is 2. The molecule has 4 N–H and O–H groups in total. The van der Waals surface area contributed by atoms with Crippen LogP contribution in [0.15, 0.2) is 54.6 Å². The molecular formula is C48H76IN7O7. The second kappa shape index (κ2) is 26.2. The number of methoxy groups -OCH3 is 2. The highest BCUT2D eigenvalue weighted by Gasteiger charge is 2.43. The Balaban J connectivity index is 1.77. The lowest BCUT2D eigenvalue weighted by Crippen LogP contribution is -2.59. The number of halogens is 1. The van der Waals surface area contributed by atoms with Crippen LogP contribution in [0.5, 0.6) is 0 Å². The Morgan fingerprint density at radius 3 is 2.02 bits per heavy atom. The lowest BCUT2D eigenvalue weighted by molar-refractivity contribution is -0.148. The molecule has 3 rings (SSSR count). The van der Waals surface area contributed by atoms with Crippen LogP contribution in [0.2, 0.25) is 0 Å². The van der Waals surface area contributed by atoms with E-state index in [0.29, 0.717) is 25.9 Å². The zero-order valence-electron chi connectivity index (χ0n) is 39.8. The third-order valence-corrected chi connectivity index (χ3v) is 13.2. The Morgan fingerprint density at radius 2 is 1.48 bits per heavy atom. The third-order valence-electron chi connectivity index (χ3n) is 12.6. The molecule has 0 saturated carbocycles. The molecule has 1 aliphatic rings. The normalized spacial score (nSPS) is 17.9. The number of hydrogen-bond donors (Lipinski definition) is 4. The molecule has 15 heteroatoms. The molecule has 2 aromatic rings. The Bertz CT molecular complexity index is 1740. The fourth-order valence-electron chi connectivity index (χ4n) is 9.00. The number of nitrogens with zero attached hydrogens (tertiary/aromatic N) is 3. The summed E-state index contributed by atoms with van der Waals surface area (Å²) in [5.41, 5.74) is 2.92. The van der Waals surface area contributed by atoms with Gasteiger partial charge in [-0.2, -0.15) is 0 Å². The Hall–Kier alpha value is -3.80. The molecule has 1 fully saturated rings. The molecule has 2 aromatic carbocycles. The summed E-state index contributed by atoms with van der Waals surface area (Å²) in [6.07, 6.45) is 1.41. The van der Waals surface area contributed by atoms with Gasteiger partial charge in [0.1, 0.15) is 6.04 Å². The summed E-state index contributed by atoms with van der Waals surface area (Å²) >= 11 is 2.07. The first kappa shape index (κ1) is 53.5. The number of nitrogens with one attached hydrogen (secondary N) is 4. The van der Waals surface area contributed by atoms with Crippen molar-refractivity contribution in [1.29, 1.82) is 0 Å². The number of carbonyl (C=O) groups is 5. The van der Waals surface area contributed by atoms with Gasteiger partial charge in [0.25, 0.3) is 0 Å². The number of benzene rings is 2. The lowest BCUT2D eigenvalue weighted by Gasteiger charge is -2.41. The molecule has 9 atom stereocenters. The average Bonchev–Trinajstić information content (AvgIpc) is 3.74. The zero-order chi connectivity index (χ0) is 47.0. The van der Waals surface area contributed by atoms with Gasteiger partial charge in [-0.25, -0.2) is 0 Å². The highest BCUT2D eigenvalue weighted by atomic mass is 127. The van der Waals surface area contributed by atoms with Gasteiger partial charge in [0.05, 0.1) is 65.5 Å². The molecule has 5 amide bonds. The number of rotatable bonds is 25. The van der Waals surface area contributed by atoms with E-state index in [1.165, 1.54) is 0 Å². The van der Waals surface area contributed by atoms with E-state index in [2.05, 4.69) is 42.3 Å². The van der Waals surface area contributed by atoms with Crippen molar-refractivity contribution < 1.29 is 33.4 Å². The summed E-state index contributed by atoms with van der Waals surface area (Å²) in [4.78, 5) is 75.0. The van der Waals surface area contributed by atoms with Crippen molar-refractivity contribution in [3.8, 4) is 0 Å². The number of likely N-dealkylation sites (tertiary alicyclic amines) is 1. The van der Waals surface area contributed by atoms with Crippen LogP contribution in [-0.4, -0.2) is 129 Å². The van der Waals surface area contributed by atoms with Crippen LogP contribution in [0.1, 0.15) is 91.7 Å². The van der Waals surface area contributed by atoms with Crippen molar-refractivity contribution in [3.05, 3.63) is 65.7 Å². The van der Waals surface area contributed by atoms with E-state index in [0.717, 1.165) is 29.7 Å². The van der Waals surface area contributed by atoms with Crippen LogP contribution in [0.3, 0.4) is 0 Å². The van der Waals surface area contributed by atoms with Crippen molar-refractivity contribution in [1.82, 2.24) is 30.7 Å². The second-order valence-corrected chi connectivity index (χ2v) is 18.7. The number of amides is 5. The monoisotopic (exact) mass is 989 g/mol. The van der Waals surface area contributed by atoms with E-state index >= 15 is 0 Å². The van der Waals surface area contributed by atoms with Gasteiger partial charge in [-0.3, -0.25) is 28.9 Å². The van der Waals surface area contributed by atoms with Gasteiger partial charge in [0.2, 0.25) is 29.5 Å². The summed E-state index contributed by atoms with van der Waals surface area (Å²) in [5, 5.41) is 9.21. The first-order chi connectivity index (χ1) is 29.9. The van der Waals surface area contributed by atoms with Gasteiger partial charge < -0.3 is 38.8 Å². The number of ether oxygens (including phenoxy) is 2. The van der Waals surface area contributed by atoms with Crippen molar-refractivity contribution in [2.45, 2.75) is 136 Å². The SMILES string of the molecule is CC[C@H](C)[C@@H]([C@@H](CC(=O)N1CCC[C@H]1[C@H](OC)[C@@H](C)C(=O)NC(CC(=O)NCc1ccc(NI)cc1)Cc1ccccc1)OC)N(C)C(=O)[C@@H](NC(=O)[C@H](C(C)C)N(C)C)C(C)C. The summed E-state index contributed by atoms with van der Waals surface area (Å²) in [7, 11) is 8.58. The molecule has 352 valence electrons. The van der Waals surface area contributed by atoms with E-state index in [9.17, 15) is 24.0 Å². The van der Waals surface area contributed by atoms with Gasteiger partial charge in [-0.05, 0) is 74.4 Å². The minimum absolute atomic E-state index is 0.0129. The molecule has 1 aliphatic heterocycles. The molecule has 14 nitrogen and oxygen atoms in total. The van der Waals surface area contributed by atoms with Gasteiger partial charge in [-0.15, -0.1) is 0 Å². The maximum atomic E-state index is 14.4. The highest BCUT2D eigenvalue weighted by Crippen LogP contribution is 2.30. The van der Waals surface area contributed by atoms with Crippen molar-refractivity contribution >= 4 is 58.1 Å². The van der Waals surface area contributed by atoms with Crippen LogP contribution in [0.4, 0.5) is 5.69 Å². The van der Waals surface area contributed by atoms with Crippen LogP contribution in [-0.2, 0) is 46.4 Å². The Labute approximate surface area is 391 Å². The fourth-order valence-corrected chi connectivity index (χ4v) is 9.36. The van der Waals surface area contributed by atoms with E-state index in [1.54, 1.807) is 26.2 Å². The van der Waals surface area contributed by atoms with Crippen molar-refractivity contribution in [2.24, 2.45) is 23.7 Å². The van der Waals surface area contributed by atoms with E-state index in [4.69, 9.17) is 9.47 Å². The van der Waals surface area contributed by atoms with Crippen molar-refractivity contribution in [2.75, 3.05) is 45.4 Å². The summed E-state index contributed by atoms with van der Waals surface area (Å²) in [6, 6.07) is 15.0. The molecule has 1 saturated heterocycles. The maximum Gasteiger partial charge on any atom is 0.245 e. The quantitative estimate of drug-likeness (QED) is 0.0710. The molecule has 1 heterocycles. The first-order valence-electron chi connectivity index (χ1n) is 22.5. The molecule has 0 aromatic heterocycles. The Morgan fingerprint density at radius 1 is 0.825 bits per heavy atom. The number of hydrogen-bond acceptors (Lipinski definition) is 9. The standard InChI is InChI=1S/C48H76IN7O7/c1-13-32(6)44(55(10)48(61)42(30(2)3)52-47(60)43(31(4)5)54(8)9)39(62-11)28-41(58)56-25-17-20-38(56)45(63-12)33(7)46(59)51-37(26-34-18-15-14-16-19-34)27-40(57)50-29-35-21-23-36(53-49)24-22-35/h14-16,18-19,21-24,30-33,37-39,42-45,53H,13,17,20,25-29H2,1-12H3,(H,50,57)(H,51,59)(H,52,60)/t32-,33+,37?,38-,39+,42-,43-,44-,45+/m0/s1. The summed E-state index contributed by atoms with van der Waals surface area (Å²) in [6.45, 7) is 14.6. The van der Waals surface area contributed by atoms with Crippen LogP contribution >= 0.6 is 22.9 Å². The van der Waals surface area contributed by atoms with E-state index in [1.807, 2.05) is 127 Å². The van der Waals surface area contributed by atoms with E-state index in [-0.39, 0.29) is 66.2 Å². The lowest BCUT2D eigenvalue weighted by atomic mass is 9.89. The van der Waals surface area contributed by atoms with Crippen LogP contribution in [0, 0.1) is 23.7 Å². The Kier molecular flexibility index (Phi) is 22.3. The smallest absolute Gasteiger partial charge is 0.245 e. The fraction of sp³-hybridized carbons (Fsp3) is 0.646. The predicted octanol–water partition coefficient (Wildman–Crippen LogP) is 5.83. The molecule has 63 heavy (non-hydrogen) atoms. The van der Waals surface area contributed by atoms with Gasteiger partial charge >= 0.3 is 0 Å². The highest BCUT2D eigenvalue weighted by molar-refractivity contribution is 14.1. The molecule has 0 aliphatic carbocycles. The third kappa shape index (κ3) is 15.4. The largest absolute Gasteiger partial charge is 0.379 e. The predicted molar refractivity (Wildman–Crippen MR) is 258 cm³/mol. The van der Waals surface area contributed by atoms with Crippen molar-refractivity contribution in [3.63, 3.8) is 0 Å². The average molecular weight is 990 g/mol. The second-order valence-electron chi connectivity index (χ2n) is 18.1. The van der Waals surface area contributed by atoms with Gasteiger partial charge in [0.15, 0.2) is 0 Å². The minimum Gasteiger partial charge on any atom is -0.379 e. The number of anilines is 1. The molecular weight excluding hydrogens is 913 g/mol. The minimum atomic E-state index is -0.774. The van der Waals surface area contributed by atoms with E-state index < -0.39 is 42.3 Å². The summed E-state index contributed by atoms with van der Waals surface area (Å²) < 4.78 is 15.2. The zero-order valence-corrected chi connectivity index (χ0v) is 41.9. The van der Waals surface area contributed by atoms with Gasteiger partial charge in [0, 0.05) is 52.5 Å².